The molecular weight excluding hydrogens is 338 g/mol. The minimum Gasteiger partial charge on any atom is -0.503 e. The largest absolute Gasteiger partial charge is 0.503 e. The molecule has 0 saturated carbocycles. The Morgan fingerprint density at radius 1 is 1.40 bits per heavy atom. The topological polar surface area (TPSA) is 66.8 Å². The number of aliphatic hydroxyl groups excluding tert-OH is 1. The minimum absolute atomic E-state index is 0.0527. The van der Waals surface area contributed by atoms with Crippen LogP contribution in [0.3, 0.4) is 0 Å². The Morgan fingerprint density at radius 2 is 2.04 bits per heavy atom. The fourth-order valence-corrected chi connectivity index (χ4v) is 3.89. The van der Waals surface area contributed by atoms with Crippen molar-refractivity contribution in [3.8, 4) is 0 Å². The summed E-state index contributed by atoms with van der Waals surface area (Å²) in [6, 6.07) is 1.41. The number of carbonyl (C=O) groups is 2. The first-order chi connectivity index (χ1) is 11.6. The molecule has 0 radical (unpaired) electrons. The number of nitrogens with zero attached hydrogens (tertiary/aromatic N) is 1. The fraction of sp³-hybridized carbons (Fsp3) is 0.579. The summed E-state index contributed by atoms with van der Waals surface area (Å²) < 4.78 is 5.57. The molecular formula is C19H27NO4S. The first-order valence-electron chi connectivity index (χ1n) is 8.50. The monoisotopic (exact) mass is 365 g/mol. The number of hydrogen-bond donors (Lipinski definition) is 1. The van der Waals surface area contributed by atoms with Gasteiger partial charge in [-0.1, -0.05) is 20.8 Å². The average Bonchev–Trinajstić information content (AvgIpc) is 3.01. The summed E-state index contributed by atoms with van der Waals surface area (Å²) in [4.78, 5) is 28.1. The number of rotatable bonds is 6. The van der Waals surface area contributed by atoms with Crippen molar-refractivity contribution in [2.45, 2.75) is 53.7 Å². The molecule has 1 aliphatic heterocycles. The number of aryl methyl sites for hydroxylation is 1. The number of ketones is 1. The highest BCUT2D eigenvalue weighted by atomic mass is 32.1. The lowest BCUT2D eigenvalue weighted by Crippen LogP contribution is -2.35. The molecule has 0 aliphatic carbocycles. The van der Waals surface area contributed by atoms with E-state index in [2.05, 4.69) is 0 Å². The third kappa shape index (κ3) is 3.96. The third-order valence-corrected chi connectivity index (χ3v) is 5.23. The van der Waals surface area contributed by atoms with E-state index in [1.54, 1.807) is 25.7 Å². The van der Waals surface area contributed by atoms with Gasteiger partial charge in [0.25, 0.3) is 5.91 Å². The summed E-state index contributed by atoms with van der Waals surface area (Å²) in [7, 11) is 0. The summed E-state index contributed by atoms with van der Waals surface area (Å²) in [5.41, 5.74) is 0.524. The van der Waals surface area contributed by atoms with E-state index in [0.717, 1.165) is 10.4 Å². The Hall–Kier alpha value is -1.66. The zero-order valence-corrected chi connectivity index (χ0v) is 16.6. The second-order valence-corrected chi connectivity index (χ2v) is 8.58. The fourth-order valence-electron chi connectivity index (χ4n) is 2.84. The molecule has 1 unspecified atom stereocenters. The van der Waals surface area contributed by atoms with Crippen LogP contribution in [-0.2, 0) is 14.3 Å². The Balaban J connectivity index is 2.44. The molecule has 5 nitrogen and oxygen atoms in total. The lowest BCUT2D eigenvalue weighted by Gasteiger charge is -2.28. The normalized spacial score (nSPS) is 18.6. The van der Waals surface area contributed by atoms with Crippen LogP contribution in [0.2, 0.25) is 0 Å². The summed E-state index contributed by atoms with van der Waals surface area (Å²) in [6.07, 6.45) is 0.0527. The van der Waals surface area contributed by atoms with Gasteiger partial charge in [-0.15, -0.1) is 11.3 Å². The maximum atomic E-state index is 12.9. The van der Waals surface area contributed by atoms with Crippen molar-refractivity contribution in [3.63, 3.8) is 0 Å². The molecule has 1 aliphatic rings. The Bertz CT molecular complexity index is 697. The van der Waals surface area contributed by atoms with Gasteiger partial charge < -0.3 is 14.7 Å². The summed E-state index contributed by atoms with van der Waals surface area (Å²) in [5, 5.41) is 12.4. The lowest BCUT2D eigenvalue weighted by atomic mass is 9.83. The molecule has 1 aromatic rings. The van der Waals surface area contributed by atoms with Gasteiger partial charge >= 0.3 is 0 Å². The number of hydrogen-bond acceptors (Lipinski definition) is 5. The molecule has 25 heavy (non-hydrogen) atoms. The van der Waals surface area contributed by atoms with Gasteiger partial charge in [-0.25, -0.2) is 0 Å². The Kier molecular flexibility index (Phi) is 5.74. The van der Waals surface area contributed by atoms with Crippen LogP contribution in [0.15, 0.2) is 22.8 Å². The first kappa shape index (κ1) is 19.7. The van der Waals surface area contributed by atoms with E-state index < -0.39 is 23.1 Å². The smallest absolute Gasteiger partial charge is 0.290 e. The number of amides is 1. The van der Waals surface area contributed by atoms with E-state index in [1.165, 1.54) is 11.3 Å². The molecule has 1 aromatic heterocycles. The van der Waals surface area contributed by atoms with Crippen molar-refractivity contribution in [3.05, 3.63) is 33.2 Å². The maximum Gasteiger partial charge on any atom is 0.290 e. The number of aliphatic hydroxyl groups is 1. The van der Waals surface area contributed by atoms with Gasteiger partial charge in [0.1, 0.15) is 0 Å². The molecule has 1 N–H and O–H groups in total. The molecule has 1 atom stereocenters. The number of carbonyl (C=O) groups excluding carboxylic acids is 2. The van der Waals surface area contributed by atoms with Gasteiger partial charge in [-0.05, 0) is 37.8 Å². The van der Waals surface area contributed by atoms with Gasteiger partial charge in [0.2, 0.25) is 0 Å². The minimum atomic E-state index is -0.683. The predicted molar refractivity (Wildman–Crippen MR) is 98.7 cm³/mol. The van der Waals surface area contributed by atoms with Gasteiger partial charge in [-0.2, -0.15) is 0 Å². The lowest BCUT2D eigenvalue weighted by molar-refractivity contribution is -0.130. The molecule has 2 rings (SSSR count). The van der Waals surface area contributed by atoms with Gasteiger partial charge in [0.05, 0.1) is 24.3 Å². The van der Waals surface area contributed by atoms with Crippen LogP contribution in [0.25, 0.3) is 0 Å². The zero-order valence-electron chi connectivity index (χ0n) is 15.8. The van der Waals surface area contributed by atoms with Crippen molar-refractivity contribution in [1.82, 2.24) is 4.90 Å². The molecule has 1 amide bonds. The van der Waals surface area contributed by atoms with E-state index in [9.17, 15) is 14.7 Å². The van der Waals surface area contributed by atoms with E-state index in [4.69, 9.17) is 4.74 Å². The number of Topliss-reactive ketones (excluding diaryl/α,β-unsaturated/α-hetero) is 1. The van der Waals surface area contributed by atoms with E-state index in [0.29, 0.717) is 13.2 Å². The second-order valence-electron chi connectivity index (χ2n) is 7.63. The molecule has 0 fully saturated rings. The SMILES string of the molecule is Cc1ccsc1C1C(C(=O)C(C)(C)C)=C(O)C(=O)N1CCOC(C)C. The van der Waals surface area contributed by atoms with Gasteiger partial charge in [0.15, 0.2) is 11.5 Å². The number of ether oxygens (including phenoxy) is 1. The van der Waals surface area contributed by atoms with E-state index >= 15 is 0 Å². The maximum absolute atomic E-state index is 12.9. The average molecular weight is 365 g/mol. The standard InChI is InChI=1S/C19H27NO4S/c1-11(2)24-9-8-20-14(16-12(3)7-10-25-16)13(15(21)18(20)23)17(22)19(4,5)6/h7,10-11,14,21H,8-9H2,1-6H3. The quantitative estimate of drug-likeness (QED) is 0.833. The molecule has 0 aromatic carbocycles. The molecule has 2 heterocycles. The van der Waals surface area contributed by atoms with Gasteiger partial charge in [0, 0.05) is 16.8 Å². The first-order valence-corrected chi connectivity index (χ1v) is 9.38. The van der Waals surface area contributed by atoms with E-state index in [-0.39, 0.29) is 17.5 Å². The van der Waals surface area contributed by atoms with Crippen LogP contribution in [-0.4, -0.2) is 41.0 Å². The molecule has 0 spiro atoms. The highest BCUT2D eigenvalue weighted by Crippen LogP contribution is 2.43. The molecule has 0 bridgehead atoms. The highest BCUT2D eigenvalue weighted by Gasteiger charge is 2.46. The predicted octanol–water partition coefficient (Wildman–Crippen LogP) is 3.79. The van der Waals surface area contributed by atoms with Crippen molar-refractivity contribution < 1.29 is 19.4 Å². The highest BCUT2D eigenvalue weighted by molar-refractivity contribution is 7.10. The molecule has 138 valence electrons. The van der Waals surface area contributed by atoms with Crippen molar-refractivity contribution in [1.29, 1.82) is 0 Å². The summed E-state index contributed by atoms with van der Waals surface area (Å²) >= 11 is 1.49. The molecule has 6 heteroatoms. The van der Waals surface area contributed by atoms with Crippen LogP contribution in [0.1, 0.15) is 51.1 Å². The van der Waals surface area contributed by atoms with Gasteiger partial charge in [-0.3, -0.25) is 9.59 Å². The third-order valence-electron chi connectivity index (χ3n) is 4.16. The van der Waals surface area contributed by atoms with Crippen LogP contribution in [0.5, 0.6) is 0 Å². The summed E-state index contributed by atoms with van der Waals surface area (Å²) in [6.45, 7) is 11.9. The van der Waals surface area contributed by atoms with Crippen LogP contribution >= 0.6 is 11.3 Å². The van der Waals surface area contributed by atoms with Crippen LogP contribution in [0.4, 0.5) is 0 Å². The van der Waals surface area contributed by atoms with Crippen molar-refractivity contribution in [2.75, 3.05) is 13.2 Å². The van der Waals surface area contributed by atoms with Crippen LogP contribution < -0.4 is 0 Å². The Morgan fingerprint density at radius 3 is 2.52 bits per heavy atom. The second kappa shape index (κ2) is 7.30. The van der Waals surface area contributed by atoms with Crippen molar-refractivity contribution >= 4 is 23.0 Å². The molecule has 0 saturated heterocycles. The summed E-state index contributed by atoms with van der Waals surface area (Å²) in [5.74, 6) is -1.14. The van der Waals surface area contributed by atoms with E-state index in [1.807, 2.05) is 32.2 Å². The van der Waals surface area contributed by atoms with Crippen LogP contribution in [0, 0.1) is 12.3 Å². The number of thiophene rings is 1. The zero-order chi connectivity index (χ0) is 18.9. The Labute approximate surface area is 153 Å². The van der Waals surface area contributed by atoms with Crippen molar-refractivity contribution in [2.24, 2.45) is 5.41 Å².